The van der Waals surface area contributed by atoms with Crippen molar-refractivity contribution in [1.82, 2.24) is 4.98 Å². The van der Waals surface area contributed by atoms with Gasteiger partial charge in [0.15, 0.2) is 0 Å². The molecule has 94 valence electrons. The smallest absolute Gasteiger partial charge is 0.229 e. The fraction of sp³-hybridized carbons (Fsp3) is 0.231. The topological polar surface area (TPSA) is 51.2 Å². The Labute approximate surface area is 110 Å². The minimum absolute atomic E-state index is 0.0457. The number of hydrogen-bond donors (Lipinski definition) is 1. The first kappa shape index (κ1) is 12.6. The summed E-state index contributed by atoms with van der Waals surface area (Å²) in [6.45, 7) is 1.91. The molecule has 0 aliphatic carbocycles. The Bertz CT molecular complexity index is 551. The van der Waals surface area contributed by atoms with Crippen LogP contribution >= 0.6 is 11.3 Å². The monoisotopic (exact) mass is 262 g/mol. The Morgan fingerprint density at radius 3 is 3.00 bits per heavy atom. The molecule has 0 aliphatic heterocycles. The second kappa shape index (κ2) is 5.64. The van der Waals surface area contributed by atoms with E-state index in [1.54, 1.807) is 18.7 Å². The first-order chi connectivity index (χ1) is 8.69. The number of methoxy groups -OCH3 is 1. The van der Waals surface area contributed by atoms with Gasteiger partial charge in [0.05, 0.1) is 24.7 Å². The van der Waals surface area contributed by atoms with E-state index in [0.29, 0.717) is 6.42 Å². The van der Waals surface area contributed by atoms with Crippen LogP contribution < -0.4 is 10.1 Å². The lowest BCUT2D eigenvalue weighted by Gasteiger charge is -2.06. The van der Waals surface area contributed by atoms with Gasteiger partial charge in [-0.1, -0.05) is 6.07 Å². The minimum atomic E-state index is -0.0457. The highest BCUT2D eigenvalue weighted by Gasteiger charge is 2.08. The molecule has 0 spiro atoms. The van der Waals surface area contributed by atoms with E-state index in [0.717, 1.165) is 22.0 Å². The molecule has 0 atom stereocenters. The van der Waals surface area contributed by atoms with Gasteiger partial charge < -0.3 is 10.1 Å². The molecule has 0 saturated carbocycles. The zero-order chi connectivity index (χ0) is 13.0. The highest BCUT2D eigenvalue weighted by Crippen LogP contribution is 2.18. The van der Waals surface area contributed by atoms with Crippen LogP contribution in [0.2, 0.25) is 0 Å². The molecule has 18 heavy (non-hydrogen) atoms. The van der Waals surface area contributed by atoms with Crippen molar-refractivity contribution in [2.24, 2.45) is 0 Å². The van der Waals surface area contributed by atoms with Gasteiger partial charge in [0.25, 0.3) is 0 Å². The summed E-state index contributed by atoms with van der Waals surface area (Å²) in [5.41, 5.74) is 3.41. The summed E-state index contributed by atoms with van der Waals surface area (Å²) < 4.78 is 5.10. The van der Waals surface area contributed by atoms with Crippen LogP contribution in [0.1, 0.15) is 10.6 Å². The summed E-state index contributed by atoms with van der Waals surface area (Å²) in [5, 5.41) is 2.84. The highest BCUT2D eigenvalue weighted by molar-refractivity contribution is 7.09. The quantitative estimate of drug-likeness (QED) is 0.921. The Hall–Kier alpha value is -1.88. The molecule has 2 rings (SSSR count). The maximum absolute atomic E-state index is 11.9. The average molecular weight is 262 g/mol. The number of aromatic nitrogens is 1. The normalized spacial score (nSPS) is 10.1. The van der Waals surface area contributed by atoms with Gasteiger partial charge >= 0.3 is 0 Å². The molecule has 1 aromatic heterocycles. The molecule has 0 unspecified atom stereocenters. The number of thiazole rings is 1. The van der Waals surface area contributed by atoms with E-state index in [1.165, 1.54) is 11.3 Å². The highest BCUT2D eigenvalue weighted by atomic mass is 32.1. The largest absolute Gasteiger partial charge is 0.497 e. The van der Waals surface area contributed by atoms with E-state index in [-0.39, 0.29) is 5.91 Å². The molecule has 0 aliphatic rings. The number of aryl methyl sites for hydroxylation is 1. The number of amides is 1. The van der Waals surface area contributed by atoms with Gasteiger partial charge in [0.1, 0.15) is 5.75 Å². The predicted octanol–water partition coefficient (Wildman–Crippen LogP) is 2.64. The van der Waals surface area contributed by atoms with Crippen LogP contribution in [0.5, 0.6) is 5.75 Å². The van der Waals surface area contributed by atoms with Crippen molar-refractivity contribution in [3.8, 4) is 5.75 Å². The Morgan fingerprint density at radius 2 is 2.33 bits per heavy atom. The van der Waals surface area contributed by atoms with E-state index in [9.17, 15) is 4.79 Å². The number of benzene rings is 1. The molecule has 0 radical (unpaired) electrons. The van der Waals surface area contributed by atoms with Crippen molar-refractivity contribution >= 4 is 22.9 Å². The van der Waals surface area contributed by atoms with E-state index in [1.807, 2.05) is 25.1 Å². The van der Waals surface area contributed by atoms with Crippen molar-refractivity contribution in [3.63, 3.8) is 0 Å². The Balaban J connectivity index is 2.01. The van der Waals surface area contributed by atoms with E-state index in [2.05, 4.69) is 10.3 Å². The predicted molar refractivity (Wildman–Crippen MR) is 72.2 cm³/mol. The van der Waals surface area contributed by atoms with Crippen molar-refractivity contribution in [1.29, 1.82) is 0 Å². The molecule has 1 N–H and O–H groups in total. The zero-order valence-corrected chi connectivity index (χ0v) is 11.1. The van der Waals surface area contributed by atoms with Crippen LogP contribution in [-0.4, -0.2) is 18.0 Å². The molecule has 0 bridgehead atoms. The van der Waals surface area contributed by atoms with Gasteiger partial charge in [0, 0.05) is 16.6 Å². The summed E-state index contributed by atoms with van der Waals surface area (Å²) in [6, 6.07) is 7.30. The van der Waals surface area contributed by atoms with E-state index < -0.39 is 0 Å². The third-order valence-electron chi connectivity index (χ3n) is 2.52. The number of ether oxygens (including phenoxy) is 1. The lowest BCUT2D eigenvalue weighted by Crippen LogP contribution is -2.14. The van der Waals surface area contributed by atoms with Crippen LogP contribution in [0, 0.1) is 6.92 Å². The van der Waals surface area contributed by atoms with Crippen LogP contribution in [-0.2, 0) is 11.2 Å². The van der Waals surface area contributed by atoms with Gasteiger partial charge in [0.2, 0.25) is 5.91 Å². The SMILES string of the molecule is COc1cccc(NC(=O)Cc2scnc2C)c1. The zero-order valence-electron chi connectivity index (χ0n) is 10.3. The lowest BCUT2D eigenvalue weighted by molar-refractivity contribution is -0.115. The summed E-state index contributed by atoms with van der Waals surface area (Å²) in [6.07, 6.45) is 0.355. The molecule has 1 aromatic carbocycles. The van der Waals surface area contributed by atoms with Gasteiger partial charge in [-0.25, -0.2) is 4.98 Å². The van der Waals surface area contributed by atoms with Gasteiger partial charge in [-0.2, -0.15) is 0 Å². The average Bonchev–Trinajstić information content (AvgIpc) is 2.75. The van der Waals surface area contributed by atoms with Crippen LogP contribution in [0.25, 0.3) is 0 Å². The second-order valence-electron chi connectivity index (χ2n) is 3.82. The molecular weight excluding hydrogens is 248 g/mol. The lowest BCUT2D eigenvalue weighted by atomic mass is 10.2. The maximum atomic E-state index is 11.9. The Kier molecular flexibility index (Phi) is 3.94. The van der Waals surface area contributed by atoms with E-state index >= 15 is 0 Å². The summed E-state index contributed by atoms with van der Waals surface area (Å²) in [5.74, 6) is 0.678. The third kappa shape index (κ3) is 3.07. The molecule has 2 aromatic rings. The molecule has 0 fully saturated rings. The number of rotatable bonds is 4. The number of nitrogens with zero attached hydrogens (tertiary/aromatic N) is 1. The number of carbonyl (C=O) groups excluding carboxylic acids is 1. The fourth-order valence-corrected chi connectivity index (χ4v) is 2.32. The molecular formula is C13H14N2O2S. The van der Waals surface area contributed by atoms with Crippen LogP contribution in [0.15, 0.2) is 29.8 Å². The van der Waals surface area contributed by atoms with Crippen LogP contribution in [0.3, 0.4) is 0 Å². The van der Waals surface area contributed by atoms with Gasteiger partial charge in [-0.05, 0) is 19.1 Å². The molecule has 4 nitrogen and oxygen atoms in total. The summed E-state index contributed by atoms with van der Waals surface area (Å²) in [7, 11) is 1.60. The number of hydrogen-bond acceptors (Lipinski definition) is 4. The third-order valence-corrected chi connectivity index (χ3v) is 3.45. The summed E-state index contributed by atoms with van der Waals surface area (Å²) >= 11 is 1.50. The van der Waals surface area contributed by atoms with Crippen molar-refractivity contribution in [3.05, 3.63) is 40.3 Å². The van der Waals surface area contributed by atoms with Crippen molar-refractivity contribution in [2.45, 2.75) is 13.3 Å². The standard InChI is InChI=1S/C13H14N2O2S/c1-9-12(18-8-14-9)7-13(16)15-10-4-3-5-11(6-10)17-2/h3-6,8H,7H2,1-2H3,(H,15,16). The maximum Gasteiger partial charge on any atom is 0.229 e. The van der Waals surface area contributed by atoms with Crippen molar-refractivity contribution < 1.29 is 9.53 Å². The summed E-state index contributed by atoms with van der Waals surface area (Å²) in [4.78, 5) is 17.0. The molecule has 1 amide bonds. The molecule has 5 heteroatoms. The first-order valence-electron chi connectivity index (χ1n) is 5.52. The number of nitrogens with one attached hydrogen (secondary N) is 1. The number of carbonyl (C=O) groups is 1. The van der Waals surface area contributed by atoms with Gasteiger partial charge in [-0.15, -0.1) is 11.3 Å². The van der Waals surface area contributed by atoms with Crippen molar-refractivity contribution in [2.75, 3.05) is 12.4 Å². The van der Waals surface area contributed by atoms with Gasteiger partial charge in [-0.3, -0.25) is 4.79 Å². The minimum Gasteiger partial charge on any atom is -0.497 e. The number of anilines is 1. The second-order valence-corrected chi connectivity index (χ2v) is 4.76. The first-order valence-corrected chi connectivity index (χ1v) is 6.40. The van der Waals surface area contributed by atoms with Crippen LogP contribution in [0.4, 0.5) is 5.69 Å². The van der Waals surface area contributed by atoms with E-state index in [4.69, 9.17) is 4.74 Å². The fourth-order valence-electron chi connectivity index (χ4n) is 1.55. The Morgan fingerprint density at radius 1 is 1.50 bits per heavy atom. The molecule has 1 heterocycles. The molecule has 0 saturated heterocycles.